The maximum Gasteiger partial charge on any atom is 0.416 e. The molecule has 0 aliphatic carbocycles. The molecule has 0 unspecified atom stereocenters. The number of hydrogen-bond acceptors (Lipinski definition) is 3. The number of nitro groups is 1. The fourth-order valence-electron chi connectivity index (χ4n) is 2.01. The number of alkyl halides is 3. The average Bonchev–Trinajstić information content (AvgIpc) is 2.47. The molecule has 5 nitrogen and oxygen atoms in total. The van der Waals surface area contributed by atoms with Crippen molar-refractivity contribution in [3.63, 3.8) is 0 Å². The van der Waals surface area contributed by atoms with E-state index in [4.69, 9.17) is 11.6 Å². The summed E-state index contributed by atoms with van der Waals surface area (Å²) >= 11 is 5.82. The summed E-state index contributed by atoms with van der Waals surface area (Å²) in [5, 5.41) is 12.7. The monoisotopic (exact) mass is 358 g/mol. The molecule has 0 aliphatic rings. The molecule has 0 aromatic heterocycles. The molecule has 1 amide bonds. The lowest BCUT2D eigenvalue weighted by molar-refractivity contribution is -0.384. The van der Waals surface area contributed by atoms with Crippen LogP contribution in [0, 0.1) is 17.0 Å². The number of hydrogen-bond donors (Lipinski definition) is 1. The zero-order valence-corrected chi connectivity index (χ0v) is 12.9. The zero-order valence-electron chi connectivity index (χ0n) is 12.1. The summed E-state index contributed by atoms with van der Waals surface area (Å²) in [6.45, 7) is 1.31. The Morgan fingerprint density at radius 2 is 1.88 bits per heavy atom. The van der Waals surface area contributed by atoms with Crippen LogP contribution >= 0.6 is 11.6 Å². The quantitative estimate of drug-likeness (QED) is 0.631. The largest absolute Gasteiger partial charge is 0.416 e. The van der Waals surface area contributed by atoms with Crippen molar-refractivity contribution in [3.05, 3.63) is 68.2 Å². The number of aryl methyl sites for hydroxylation is 1. The molecule has 0 heterocycles. The van der Waals surface area contributed by atoms with Gasteiger partial charge in [-0.3, -0.25) is 14.9 Å². The molecule has 0 atom stereocenters. The van der Waals surface area contributed by atoms with Gasteiger partial charge in [0.15, 0.2) is 0 Å². The van der Waals surface area contributed by atoms with Crippen molar-refractivity contribution in [3.8, 4) is 0 Å². The Balaban J connectivity index is 2.29. The van der Waals surface area contributed by atoms with E-state index >= 15 is 0 Å². The second kappa shape index (κ2) is 6.48. The van der Waals surface area contributed by atoms with Gasteiger partial charge < -0.3 is 5.32 Å². The molecule has 0 aliphatic heterocycles. The van der Waals surface area contributed by atoms with Crippen LogP contribution in [0.4, 0.5) is 24.5 Å². The van der Waals surface area contributed by atoms with E-state index in [-0.39, 0.29) is 27.5 Å². The third kappa shape index (κ3) is 3.83. The first kappa shape index (κ1) is 17.7. The summed E-state index contributed by atoms with van der Waals surface area (Å²) in [6.07, 6.45) is -4.55. The number of carbonyl (C=O) groups excluding carboxylic acids is 1. The van der Waals surface area contributed by atoms with Crippen LogP contribution < -0.4 is 5.32 Å². The van der Waals surface area contributed by atoms with E-state index in [0.29, 0.717) is 0 Å². The van der Waals surface area contributed by atoms with Crippen LogP contribution in [0.3, 0.4) is 0 Å². The SMILES string of the molecule is Cc1ccc(NC(=O)c2ccc([N+](=O)[O-])cc2Cl)cc1C(F)(F)F. The molecule has 0 spiro atoms. The van der Waals surface area contributed by atoms with Crippen LogP contribution in [0.2, 0.25) is 5.02 Å². The third-order valence-corrected chi connectivity index (χ3v) is 3.52. The van der Waals surface area contributed by atoms with Gasteiger partial charge in [0.25, 0.3) is 11.6 Å². The summed E-state index contributed by atoms with van der Waals surface area (Å²) < 4.78 is 38.6. The van der Waals surface area contributed by atoms with E-state index in [9.17, 15) is 28.1 Å². The molecule has 0 saturated heterocycles. The van der Waals surface area contributed by atoms with Crippen molar-refractivity contribution < 1.29 is 22.9 Å². The highest BCUT2D eigenvalue weighted by Crippen LogP contribution is 2.33. The first-order chi connectivity index (χ1) is 11.1. The number of amides is 1. The summed E-state index contributed by atoms with van der Waals surface area (Å²) in [7, 11) is 0. The number of non-ortho nitro benzene ring substituents is 1. The van der Waals surface area contributed by atoms with Crippen molar-refractivity contribution in [2.24, 2.45) is 0 Å². The minimum Gasteiger partial charge on any atom is -0.322 e. The second-order valence-electron chi connectivity index (χ2n) is 4.90. The van der Waals surface area contributed by atoms with Gasteiger partial charge in [-0.1, -0.05) is 17.7 Å². The van der Waals surface area contributed by atoms with E-state index in [1.165, 1.54) is 19.1 Å². The minimum absolute atomic E-state index is 0.0221. The number of nitrogens with one attached hydrogen (secondary N) is 1. The smallest absolute Gasteiger partial charge is 0.322 e. The number of nitro benzene ring substituents is 1. The first-order valence-electron chi connectivity index (χ1n) is 6.52. The molecule has 0 bridgehead atoms. The second-order valence-corrected chi connectivity index (χ2v) is 5.31. The van der Waals surface area contributed by atoms with Crippen molar-refractivity contribution in [2.45, 2.75) is 13.1 Å². The van der Waals surface area contributed by atoms with E-state index in [1.807, 2.05) is 0 Å². The van der Waals surface area contributed by atoms with Gasteiger partial charge in [0.1, 0.15) is 0 Å². The number of rotatable bonds is 3. The number of benzene rings is 2. The van der Waals surface area contributed by atoms with Gasteiger partial charge in [-0.05, 0) is 30.7 Å². The molecule has 2 aromatic rings. The van der Waals surface area contributed by atoms with Crippen molar-refractivity contribution in [1.82, 2.24) is 0 Å². The summed E-state index contributed by atoms with van der Waals surface area (Å²) in [5.74, 6) is -0.771. The predicted molar refractivity (Wildman–Crippen MR) is 82.2 cm³/mol. The fraction of sp³-hybridized carbons (Fsp3) is 0.133. The Morgan fingerprint density at radius 3 is 2.42 bits per heavy atom. The fourth-order valence-corrected chi connectivity index (χ4v) is 2.27. The summed E-state index contributed by atoms with van der Waals surface area (Å²) in [6, 6.07) is 6.57. The minimum atomic E-state index is -4.55. The van der Waals surface area contributed by atoms with Crippen LogP contribution in [0.15, 0.2) is 36.4 Å². The van der Waals surface area contributed by atoms with E-state index < -0.39 is 22.6 Å². The number of halogens is 4. The van der Waals surface area contributed by atoms with Crippen LogP contribution in [-0.4, -0.2) is 10.8 Å². The molecule has 24 heavy (non-hydrogen) atoms. The van der Waals surface area contributed by atoms with Gasteiger partial charge in [0, 0.05) is 17.8 Å². The van der Waals surface area contributed by atoms with Crippen LogP contribution in [-0.2, 0) is 6.18 Å². The Bertz CT molecular complexity index is 822. The van der Waals surface area contributed by atoms with Gasteiger partial charge in [0.2, 0.25) is 0 Å². The first-order valence-corrected chi connectivity index (χ1v) is 6.90. The van der Waals surface area contributed by atoms with Crippen molar-refractivity contribution in [1.29, 1.82) is 0 Å². The Morgan fingerprint density at radius 1 is 1.21 bits per heavy atom. The number of nitrogens with zero attached hydrogens (tertiary/aromatic N) is 1. The molecule has 2 rings (SSSR count). The van der Waals surface area contributed by atoms with Crippen molar-refractivity contribution >= 4 is 28.9 Å². The Hall–Kier alpha value is -2.61. The molecular formula is C15H10ClF3N2O3. The lowest BCUT2D eigenvalue weighted by atomic mass is 10.1. The molecule has 2 aromatic carbocycles. The number of carbonyl (C=O) groups is 1. The zero-order chi connectivity index (χ0) is 18.1. The summed E-state index contributed by atoms with van der Waals surface area (Å²) in [5.41, 5.74) is -1.29. The number of anilines is 1. The molecule has 0 radical (unpaired) electrons. The highest BCUT2D eigenvalue weighted by molar-refractivity contribution is 6.34. The third-order valence-electron chi connectivity index (χ3n) is 3.21. The van der Waals surface area contributed by atoms with Crippen LogP contribution in [0.25, 0.3) is 0 Å². The van der Waals surface area contributed by atoms with E-state index in [0.717, 1.165) is 24.3 Å². The summed E-state index contributed by atoms with van der Waals surface area (Å²) in [4.78, 5) is 22.1. The van der Waals surface area contributed by atoms with Gasteiger partial charge >= 0.3 is 6.18 Å². The molecular weight excluding hydrogens is 349 g/mol. The standard InChI is InChI=1S/C15H10ClF3N2O3/c1-8-2-3-9(6-12(8)15(17,18)19)20-14(22)11-5-4-10(21(23)24)7-13(11)16/h2-7H,1H3,(H,20,22). The van der Waals surface area contributed by atoms with Gasteiger partial charge in [-0.15, -0.1) is 0 Å². The van der Waals surface area contributed by atoms with Crippen LogP contribution in [0.5, 0.6) is 0 Å². The lowest BCUT2D eigenvalue weighted by Crippen LogP contribution is -2.14. The molecule has 0 saturated carbocycles. The van der Waals surface area contributed by atoms with E-state index in [1.54, 1.807) is 0 Å². The topological polar surface area (TPSA) is 72.2 Å². The molecule has 9 heteroatoms. The maximum absolute atomic E-state index is 12.9. The van der Waals surface area contributed by atoms with Gasteiger partial charge in [-0.25, -0.2) is 0 Å². The van der Waals surface area contributed by atoms with Crippen LogP contribution in [0.1, 0.15) is 21.5 Å². The average molecular weight is 359 g/mol. The normalized spacial score (nSPS) is 11.2. The highest BCUT2D eigenvalue weighted by Gasteiger charge is 2.32. The van der Waals surface area contributed by atoms with Gasteiger partial charge in [-0.2, -0.15) is 13.2 Å². The Labute approximate surface area is 139 Å². The Kier molecular flexibility index (Phi) is 4.79. The molecule has 0 fully saturated rings. The lowest BCUT2D eigenvalue weighted by Gasteiger charge is -2.13. The van der Waals surface area contributed by atoms with Gasteiger partial charge in [0.05, 0.1) is 21.1 Å². The predicted octanol–water partition coefficient (Wildman–Crippen LogP) is 4.83. The van der Waals surface area contributed by atoms with Crippen molar-refractivity contribution in [2.75, 3.05) is 5.32 Å². The molecule has 126 valence electrons. The highest BCUT2D eigenvalue weighted by atomic mass is 35.5. The van der Waals surface area contributed by atoms with E-state index in [2.05, 4.69) is 5.32 Å². The maximum atomic E-state index is 12.9. The molecule has 1 N–H and O–H groups in total.